The number of nitrogens with zero attached hydrogens (tertiary/aromatic N) is 1. The Labute approximate surface area is 193 Å². The molecule has 0 radical (unpaired) electrons. The first kappa shape index (κ1) is 22.2. The Balaban J connectivity index is 0.000000376. The molecular formula is C26H23FeNOS. The van der Waals surface area contributed by atoms with Crippen LogP contribution in [0.5, 0.6) is 5.75 Å². The molecule has 1 atom stereocenters. The van der Waals surface area contributed by atoms with Crippen LogP contribution in [0.1, 0.15) is 17.2 Å². The second kappa shape index (κ2) is 11.0. The van der Waals surface area contributed by atoms with Gasteiger partial charge < -0.3 is 10.1 Å². The molecule has 0 saturated heterocycles. The second-order valence-corrected chi connectivity index (χ2v) is 7.99. The monoisotopic (exact) mass is 453 g/mol. The first-order valence-corrected chi connectivity index (χ1v) is 10.6. The molecule has 3 aromatic rings. The van der Waals surface area contributed by atoms with Crippen molar-refractivity contribution >= 4 is 17.4 Å². The number of benzene rings is 2. The number of fused-ring (bicyclic) bond motifs is 1. The standard InChI is InChI=1S/C21H18NOS.C5H5.Fe/c1-23-17-12-10-16(11-13-17)21-14-19(15-6-2-3-7-15)22-18-8-4-5-9-20(18)24-21;1-2-4-5-3-1;/h2-13,21H,14H2,1H3;1-5H;/q2*-1;+2. The summed E-state index contributed by atoms with van der Waals surface area (Å²) in [4.78, 5) is 1.24. The van der Waals surface area contributed by atoms with Gasteiger partial charge in [0, 0.05) is 5.25 Å². The maximum absolute atomic E-state index is 5.29. The minimum Gasteiger partial charge on any atom is -0.660 e. The van der Waals surface area contributed by atoms with Crippen LogP contribution in [-0.4, -0.2) is 7.11 Å². The Bertz CT molecular complexity index is 988. The van der Waals surface area contributed by atoms with E-state index < -0.39 is 0 Å². The fraction of sp³-hybridized carbons (Fsp3) is 0.115. The van der Waals surface area contributed by atoms with E-state index in [1.807, 2.05) is 54.2 Å². The number of methoxy groups -OCH3 is 1. The number of rotatable bonds is 2. The van der Waals surface area contributed by atoms with Crippen LogP contribution >= 0.6 is 11.8 Å². The van der Waals surface area contributed by atoms with E-state index in [4.69, 9.17) is 10.1 Å². The van der Waals surface area contributed by atoms with Crippen molar-refractivity contribution in [2.24, 2.45) is 0 Å². The molecule has 4 heteroatoms. The van der Waals surface area contributed by atoms with Crippen LogP contribution in [0.2, 0.25) is 0 Å². The fourth-order valence-electron chi connectivity index (χ4n) is 3.28. The van der Waals surface area contributed by atoms with E-state index in [-0.39, 0.29) is 17.1 Å². The Morgan fingerprint density at radius 3 is 2.27 bits per heavy atom. The molecule has 1 heterocycles. The molecule has 1 unspecified atom stereocenters. The zero-order chi connectivity index (χ0) is 19.9. The van der Waals surface area contributed by atoms with Gasteiger partial charge in [-0.1, -0.05) is 54.6 Å². The van der Waals surface area contributed by atoms with Gasteiger partial charge in [0.25, 0.3) is 0 Å². The number of allylic oxidation sites excluding steroid dienone is 6. The van der Waals surface area contributed by atoms with Gasteiger partial charge in [0.05, 0.1) is 7.11 Å². The van der Waals surface area contributed by atoms with Crippen molar-refractivity contribution in [1.29, 1.82) is 0 Å². The Hall–Kier alpha value is -2.52. The molecule has 152 valence electrons. The second-order valence-electron chi connectivity index (χ2n) is 6.75. The van der Waals surface area contributed by atoms with Gasteiger partial charge in [0.2, 0.25) is 0 Å². The topological polar surface area (TPSA) is 23.3 Å². The van der Waals surface area contributed by atoms with E-state index in [0.717, 1.165) is 23.6 Å². The van der Waals surface area contributed by atoms with Crippen LogP contribution in [0.3, 0.4) is 0 Å². The third kappa shape index (κ3) is 5.54. The van der Waals surface area contributed by atoms with Gasteiger partial charge in [0.15, 0.2) is 0 Å². The molecule has 0 bridgehead atoms. The van der Waals surface area contributed by atoms with Crippen molar-refractivity contribution in [3.05, 3.63) is 125 Å². The third-order valence-corrected chi connectivity index (χ3v) is 6.13. The molecule has 5 rings (SSSR count). The molecule has 0 amide bonds. The molecule has 0 saturated carbocycles. The van der Waals surface area contributed by atoms with Crippen molar-refractivity contribution < 1.29 is 21.8 Å². The average molecular weight is 453 g/mol. The number of hydrogen-bond donors (Lipinski definition) is 0. The van der Waals surface area contributed by atoms with Crippen LogP contribution in [0.15, 0.2) is 119 Å². The molecular weight excluding hydrogens is 430 g/mol. The van der Waals surface area contributed by atoms with E-state index in [1.54, 1.807) is 7.11 Å². The summed E-state index contributed by atoms with van der Waals surface area (Å²) in [6, 6.07) is 26.8. The molecule has 0 N–H and O–H groups in total. The minimum absolute atomic E-state index is 0. The van der Waals surface area contributed by atoms with Gasteiger partial charge >= 0.3 is 17.1 Å². The van der Waals surface area contributed by atoms with Gasteiger partial charge in [-0.15, -0.1) is 17.4 Å². The third-order valence-electron chi connectivity index (χ3n) is 4.81. The normalized spacial score (nSPS) is 16.5. The Morgan fingerprint density at radius 1 is 0.933 bits per heavy atom. The molecule has 1 aliphatic heterocycles. The van der Waals surface area contributed by atoms with E-state index in [2.05, 4.69) is 60.7 Å². The summed E-state index contributed by atoms with van der Waals surface area (Å²) in [5, 5.41) is 5.30. The van der Waals surface area contributed by atoms with Crippen molar-refractivity contribution in [2.45, 2.75) is 16.6 Å². The van der Waals surface area contributed by atoms with Crippen LogP contribution in [0, 0.1) is 0 Å². The zero-order valence-corrected chi connectivity index (χ0v) is 18.6. The average Bonchev–Trinajstić information content (AvgIpc) is 3.48. The van der Waals surface area contributed by atoms with Crippen molar-refractivity contribution in [3.63, 3.8) is 0 Å². The molecule has 0 spiro atoms. The molecule has 1 aliphatic carbocycles. The molecule has 2 aliphatic rings. The molecule has 0 aromatic heterocycles. The minimum atomic E-state index is 0. The zero-order valence-electron chi connectivity index (χ0n) is 16.7. The summed E-state index contributed by atoms with van der Waals surface area (Å²) < 4.78 is 5.29. The quantitative estimate of drug-likeness (QED) is 0.293. The summed E-state index contributed by atoms with van der Waals surface area (Å²) >= 11 is 1.89. The Morgan fingerprint density at radius 2 is 1.63 bits per heavy atom. The SMILES string of the molecule is COc1ccc(C2CC(=C3C=CC=C3)[N-]c3ccccc3S2)cc1.[Fe+2].c1cc[cH-]c1. The molecule has 30 heavy (non-hydrogen) atoms. The summed E-state index contributed by atoms with van der Waals surface area (Å²) in [7, 11) is 1.70. The van der Waals surface area contributed by atoms with Gasteiger partial charge in [-0.05, 0) is 40.7 Å². The molecule has 3 aromatic carbocycles. The van der Waals surface area contributed by atoms with E-state index >= 15 is 0 Å². The summed E-state index contributed by atoms with van der Waals surface area (Å²) in [6.45, 7) is 0. The summed E-state index contributed by atoms with van der Waals surface area (Å²) in [5.41, 5.74) is 4.73. The number of ether oxygens (including phenoxy) is 1. The van der Waals surface area contributed by atoms with Gasteiger partial charge in [-0.2, -0.15) is 23.9 Å². The molecule has 0 fully saturated rings. The smallest absolute Gasteiger partial charge is 0.660 e. The maximum atomic E-state index is 5.29. The van der Waals surface area contributed by atoms with Crippen LogP contribution < -0.4 is 4.74 Å². The van der Waals surface area contributed by atoms with Crippen molar-refractivity contribution in [2.75, 3.05) is 7.11 Å². The van der Waals surface area contributed by atoms with Gasteiger partial charge in [-0.25, -0.2) is 12.1 Å². The summed E-state index contributed by atoms with van der Waals surface area (Å²) in [6.07, 6.45) is 9.34. The maximum Gasteiger partial charge on any atom is 2.00 e. The Kier molecular flexibility index (Phi) is 8.15. The predicted molar refractivity (Wildman–Crippen MR) is 123 cm³/mol. The van der Waals surface area contributed by atoms with Crippen molar-refractivity contribution in [1.82, 2.24) is 0 Å². The van der Waals surface area contributed by atoms with Crippen LogP contribution in [-0.2, 0) is 17.1 Å². The molecule has 2 nitrogen and oxygen atoms in total. The fourth-order valence-corrected chi connectivity index (χ4v) is 4.52. The number of hydrogen-bond acceptors (Lipinski definition) is 2. The largest absolute Gasteiger partial charge is 2.00 e. The van der Waals surface area contributed by atoms with E-state index in [9.17, 15) is 0 Å². The van der Waals surface area contributed by atoms with Crippen molar-refractivity contribution in [3.8, 4) is 5.75 Å². The van der Waals surface area contributed by atoms with Crippen LogP contribution in [0.25, 0.3) is 5.32 Å². The van der Waals surface area contributed by atoms with Crippen LogP contribution in [0.4, 0.5) is 5.69 Å². The first-order valence-electron chi connectivity index (χ1n) is 9.69. The van der Waals surface area contributed by atoms with E-state index in [1.165, 1.54) is 16.0 Å². The number of thioether (sulfide) groups is 1. The predicted octanol–water partition coefficient (Wildman–Crippen LogP) is 7.72. The first-order chi connectivity index (χ1) is 14.3. The number of para-hydroxylation sites is 1. The van der Waals surface area contributed by atoms with Gasteiger partial charge in [-0.3, -0.25) is 0 Å². The van der Waals surface area contributed by atoms with Gasteiger partial charge in [0.1, 0.15) is 5.75 Å². The summed E-state index contributed by atoms with van der Waals surface area (Å²) in [5.74, 6) is 0.891. The van der Waals surface area contributed by atoms with E-state index in [0.29, 0.717) is 5.25 Å².